The molecule has 0 aliphatic carbocycles. The molecule has 1 aliphatic heterocycles. The van der Waals surface area contributed by atoms with Crippen LogP contribution in [0.4, 0.5) is 5.69 Å². The standard InChI is InChI=1S/C19H20N2O5/c22-17-11-25-10-16(21-17)19(24)13-6-8-14(9-7-13)20-18(23)12-26-15-4-2-1-3-5-15/h1-9,16,19,24H,10-12H2,(H,20,23)(H,21,22)/t16-,19-/m1/s1. The van der Waals surface area contributed by atoms with Gasteiger partial charge < -0.3 is 25.2 Å². The Balaban J connectivity index is 1.52. The average Bonchev–Trinajstić information content (AvgIpc) is 2.67. The maximum atomic E-state index is 11.9. The first-order valence-electron chi connectivity index (χ1n) is 8.24. The third-order valence-corrected chi connectivity index (χ3v) is 3.91. The van der Waals surface area contributed by atoms with E-state index in [0.717, 1.165) is 0 Å². The number of anilines is 1. The molecular weight excluding hydrogens is 336 g/mol. The first kappa shape index (κ1) is 17.9. The molecule has 26 heavy (non-hydrogen) atoms. The number of aliphatic hydroxyl groups excluding tert-OH is 1. The van der Waals surface area contributed by atoms with Crippen LogP contribution in [-0.2, 0) is 14.3 Å². The number of hydrogen-bond donors (Lipinski definition) is 3. The summed E-state index contributed by atoms with van der Waals surface area (Å²) in [7, 11) is 0. The molecule has 2 amide bonds. The van der Waals surface area contributed by atoms with E-state index < -0.39 is 12.1 Å². The first-order valence-corrected chi connectivity index (χ1v) is 8.24. The van der Waals surface area contributed by atoms with Crippen LogP contribution in [0.2, 0.25) is 0 Å². The van der Waals surface area contributed by atoms with E-state index in [1.165, 1.54) is 0 Å². The topological polar surface area (TPSA) is 96.9 Å². The van der Waals surface area contributed by atoms with Crippen LogP contribution in [0.1, 0.15) is 11.7 Å². The Morgan fingerprint density at radius 2 is 1.96 bits per heavy atom. The van der Waals surface area contributed by atoms with Gasteiger partial charge in [0.2, 0.25) is 5.91 Å². The lowest BCUT2D eigenvalue weighted by molar-refractivity contribution is -0.133. The minimum atomic E-state index is -0.884. The van der Waals surface area contributed by atoms with Gasteiger partial charge in [-0.2, -0.15) is 0 Å². The van der Waals surface area contributed by atoms with Crippen molar-refractivity contribution in [2.24, 2.45) is 0 Å². The van der Waals surface area contributed by atoms with Gasteiger partial charge in [0.05, 0.1) is 12.6 Å². The Kier molecular flexibility index (Phi) is 5.83. The number of amides is 2. The van der Waals surface area contributed by atoms with Crippen molar-refractivity contribution < 1.29 is 24.2 Å². The molecule has 2 aromatic rings. The first-order chi connectivity index (χ1) is 12.6. The molecule has 7 nitrogen and oxygen atoms in total. The second kappa shape index (κ2) is 8.46. The van der Waals surface area contributed by atoms with Crippen molar-refractivity contribution in [3.8, 4) is 5.75 Å². The molecule has 0 radical (unpaired) electrons. The molecule has 1 fully saturated rings. The molecule has 0 saturated carbocycles. The lowest BCUT2D eigenvalue weighted by Gasteiger charge is -2.28. The van der Waals surface area contributed by atoms with Crippen LogP contribution in [0.3, 0.4) is 0 Å². The van der Waals surface area contributed by atoms with E-state index in [0.29, 0.717) is 17.0 Å². The van der Waals surface area contributed by atoms with Gasteiger partial charge in [-0.15, -0.1) is 0 Å². The highest BCUT2D eigenvalue weighted by molar-refractivity contribution is 5.91. The van der Waals surface area contributed by atoms with Gasteiger partial charge in [-0.25, -0.2) is 0 Å². The summed E-state index contributed by atoms with van der Waals surface area (Å²) < 4.78 is 10.5. The summed E-state index contributed by atoms with van der Waals surface area (Å²) in [5.74, 6) is 0.0931. The number of hydrogen-bond acceptors (Lipinski definition) is 5. The van der Waals surface area contributed by atoms with Crippen LogP contribution in [0.5, 0.6) is 5.75 Å². The highest BCUT2D eigenvalue weighted by atomic mass is 16.5. The molecule has 136 valence electrons. The number of ether oxygens (including phenoxy) is 2. The summed E-state index contributed by atoms with van der Waals surface area (Å²) in [6, 6.07) is 15.3. The largest absolute Gasteiger partial charge is 0.484 e. The quantitative estimate of drug-likeness (QED) is 0.724. The Labute approximate surface area is 150 Å². The van der Waals surface area contributed by atoms with Crippen LogP contribution in [0.15, 0.2) is 54.6 Å². The molecule has 1 saturated heterocycles. The van der Waals surface area contributed by atoms with Crippen molar-refractivity contribution in [2.45, 2.75) is 12.1 Å². The summed E-state index contributed by atoms with van der Waals surface area (Å²) in [6.45, 7) is 0.168. The Bertz CT molecular complexity index is 748. The third-order valence-electron chi connectivity index (χ3n) is 3.91. The summed E-state index contributed by atoms with van der Waals surface area (Å²) in [5, 5.41) is 15.8. The molecular formula is C19H20N2O5. The fourth-order valence-electron chi connectivity index (χ4n) is 2.60. The molecule has 1 aliphatic rings. The van der Waals surface area contributed by atoms with E-state index in [9.17, 15) is 14.7 Å². The molecule has 2 aromatic carbocycles. The van der Waals surface area contributed by atoms with Crippen molar-refractivity contribution in [3.63, 3.8) is 0 Å². The van der Waals surface area contributed by atoms with Crippen LogP contribution in [0.25, 0.3) is 0 Å². The lowest BCUT2D eigenvalue weighted by atomic mass is 10.0. The number of carbonyl (C=O) groups is 2. The molecule has 0 aromatic heterocycles. The van der Waals surface area contributed by atoms with E-state index in [2.05, 4.69) is 10.6 Å². The van der Waals surface area contributed by atoms with Crippen molar-refractivity contribution in [1.82, 2.24) is 5.32 Å². The normalized spacial score (nSPS) is 17.9. The zero-order valence-electron chi connectivity index (χ0n) is 14.1. The molecule has 0 spiro atoms. The second-order valence-electron chi connectivity index (χ2n) is 5.91. The van der Waals surface area contributed by atoms with Crippen molar-refractivity contribution >= 4 is 17.5 Å². The maximum Gasteiger partial charge on any atom is 0.262 e. The number of morpholine rings is 1. The fourth-order valence-corrected chi connectivity index (χ4v) is 2.60. The Morgan fingerprint density at radius 1 is 1.23 bits per heavy atom. The summed E-state index contributed by atoms with van der Waals surface area (Å²) in [6.07, 6.45) is -0.884. The van der Waals surface area contributed by atoms with Gasteiger partial charge in [0.25, 0.3) is 5.91 Å². The number of aliphatic hydroxyl groups is 1. The minimum Gasteiger partial charge on any atom is -0.484 e. The summed E-state index contributed by atoms with van der Waals surface area (Å²) >= 11 is 0. The molecule has 2 atom stereocenters. The van der Waals surface area contributed by atoms with Crippen molar-refractivity contribution in [1.29, 1.82) is 0 Å². The number of para-hydroxylation sites is 1. The number of carbonyl (C=O) groups excluding carboxylic acids is 2. The fraction of sp³-hybridized carbons (Fsp3) is 0.263. The van der Waals surface area contributed by atoms with Crippen LogP contribution >= 0.6 is 0 Å². The van der Waals surface area contributed by atoms with Crippen molar-refractivity contribution in [3.05, 3.63) is 60.2 Å². The van der Waals surface area contributed by atoms with E-state index in [1.807, 2.05) is 18.2 Å². The predicted octanol–water partition coefficient (Wildman–Crippen LogP) is 1.25. The smallest absolute Gasteiger partial charge is 0.262 e. The SMILES string of the molecule is O=C(COc1ccccc1)Nc1ccc([C@@H](O)[C@H]2COCC(=O)N2)cc1. The second-order valence-corrected chi connectivity index (χ2v) is 5.91. The van der Waals surface area contributed by atoms with Gasteiger partial charge in [0.15, 0.2) is 6.61 Å². The number of nitrogens with one attached hydrogen (secondary N) is 2. The van der Waals surface area contributed by atoms with Crippen LogP contribution < -0.4 is 15.4 Å². The Morgan fingerprint density at radius 3 is 2.65 bits per heavy atom. The van der Waals surface area contributed by atoms with Crippen LogP contribution in [-0.4, -0.2) is 42.8 Å². The monoisotopic (exact) mass is 356 g/mol. The molecule has 0 unspecified atom stereocenters. The summed E-state index contributed by atoms with van der Waals surface area (Å²) in [5.41, 5.74) is 1.21. The van der Waals surface area contributed by atoms with E-state index in [1.54, 1.807) is 36.4 Å². The third kappa shape index (κ3) is 4.81. The molecule has 3 rings (SSSR count). The van der Waals surface area contributed by atoms with Gasteiger partial charge in [-0.05, 0) is 29.8 Å². The van der Waals surface area contributed by atoms with Gasteiger partial charge >= 0.3 is 0 Å². The molecule has 7 heteroatoms. The maximum absolute atomic E-state index is 11.9. The molecule has 3 N–H and O–H groups in total. The van der Waals surface area contributed by atoms with Gasteiger partial charge in [0, 0.05) is 5.69 Å². The Hall–Kier alpha value is -2.90. The highest BCUT2D eigenvalue weighted by Gasteiger charge is 2.26. The number of benzene rings is 2. The van der Waals surface area contributed by atoms with Crippen molar-refractivity contribution in [2.75, 3.05) is 25.1 Å². The van der Waals surface area contributed by atoms with Crippen LogP contribution in [0, 0.1) is 0 Å². The molecule has 1 heterocycles. The zero-order valence-corrected chi connectivity index (χ0v) is 14.1. The lowest BCUT2D eigenvalue weighted by Crippen LogP contribution is -2.48. The van der Waals surface area contributed by atoms with E-state index >= 15 is 0 Å². The van der Waals surface area contributed by atoms with E-state index in [-0.39, 0.29) is 31.6 Å². The number of rotatable bonds is 6. The van der Waals surface area contributed by atoms with E-state index in [4.69, 9.17) is 9.47 Å². The molecule has 0 bridgehead atoms. The average molecular weight is 356 g/mol. The zero-order chi connectivity index (χ0) is 18.4. The van der Waals surface area contributed by atoms with Gasteiger partial charge in [-0.1, -0.05) is 30.3 Å². The van der Waals surface area contributed by atoms with Gasteiger partial charge in [-0.3, -0.25) is 9.59 Å². The summed E-state index contributed by atoms with van der Waals surface area (Å²) in [4.78, 5) is 23.3. The minimum absolute atomic E-state index is 0.0131. The van der Waals surface area contributed by atoms with Gasteiger partial charge in [0.1, 0.15) is 18.5 Å². The highest BCUT2D eigenvalue weighted by Crippen LogP contribution is 2.21. The predicted molar refractivity (Wildman–Crippen MR) is 94.7 cm³/mol.